The number of hydrogen-bond acceptors (Lipinski definition) is 7. The first-order valence-corrected chi connectivity index (χ1v) is 9.89. The Morgan fingerprint density at radius 3 is 2.80 bits per heavy atom. The van der Waals surface area contributed by atoms with Crippen LogP contribution in [-0.2, 0) is 17.9 Å². The Morgan fingerprint density at radius 2 is 2.03 bits per heavy atom. The van der Waals surface area contributed by atoms with Gasteiger partial charge in [-0.1, -0.05) is 22.5 Å². The maximum absolute atomic E-state index is 13.5. The third kappa shape index (κ3) is 3.37. The summed E-state index contributed by atoms with van der Waals surface area (Å²) in [7, 11) is 1.63. The average molecular weight is 472 g/mol. The standard InChI is InChI=1S/C20H15BrFN5O3/c1-28-13-5-2-11(3-6-13)17-9-27-16(10-29-17)18(24-26-27)20-23-19(25-30-20)12-4-7-15(22)14(21)8-12/h2-8,17H,9-10H2,1H3/t17-/m0/s1. The second kappa shape index (κ2) is 7.62. The van der Waals surface area contributed by atoms with Gasteiger partial charge < -0.3 is 14.0 Å². The summed E-state index contributed by atoms with van der Waals surface area (Å²) < 4.78 is 32.2. The smallest absolute Gasteiger partial charge is 0.280 e. The molecule has 1 aliphatic rings. The van der Waals surface area contributed by atoms with Crippen LogP contribution in [-0.4, -0.2) is 32.2 Å². The number of halogens is 2. The van der Waals surface area contributed by atoms with Gasteiger partial charge >= 0.3 is 0 Å². The second-order valence-corrected chi connectivity index (χ2v) is 7.55. The van der Waals surface area contributed by atoms with E-state index in [0.717, 1.165) is 17.0 Å². The highest BCUT2D eigenvalue weighted by Crippen LogP contribution is 2.32. The van der Waals surface area contributed by atoms with E-state index in [2.05, 4.69) is 36.4 Å². The van der Waals surface area contributed by atoms with Crippen LogP contribution in [0, 0.1) is 5.82 Å². The van der Waals surface area contributed by atoms with Crippen LogP contribution in [0.15, 0.2) is 51.5 Å². The van der Waals surface area contributed by atoms with E-state index in [1.54, 1.807) is 23.9 Å². The van der Waals surface area contributed by atoms with E-state index in [4.69, 9.17) is 14.0 Å². The van der Waals surface area contributed by atoms with Gasteiger partial charge in [0.05, 0.1) is 30.4 Å². The Labute approximate surface area is 178 Å². The number of ether oxygens (including phenoxy) is 2. The van der Waals surface area contributed by atoms with Crippen molar-refractivity contribution in [1.82, 2.24) is 25.1 Å². The van der Waals surface area contributed by atoms with Crippen LogP contribution in [0.25, 0.3) is 23.0 Å². The molecule has 0 fully saturated rings. The molecule has 10 heteroatoms. The normalized spacial score (nSPS) is 15.8. The van der Waals surface area contributed by atoms with Crippen LogP contribution in [0.4, 0.5) is 4.39 Å². The molecule has 1 aliphatic heterocycles. The Bertz CT molecular complexity index is 1210. The largest absolute Gasteiger partial charge is 0.497 e. The van der Waals surface area contributed by atoms with Crippen LogP contribution in [0.2, 0.25) is 0 Å². The van der Waals surface area contributed by atoms with Crippen molar-refractivity contribution < 1.29 is 18.4 Å². The maximum atomic E-state index is 13.5. The van der Waals surface area contributed by atoms with E-state index in [9.17, 15) is 4.39 Å². The molecule has 4 aromatic rings. The van der Waals surface area contributed by atoms with E-state index >= 15 is 0 Å². The predicted octanol–water partition coefficient (Wildman–Crippen LogP) is 4.18. The van der Waals surface area contributed by atoms with Gasteiger partial charge in [0.1, 0.15) is 17.7 Å². The van der Waals surface area contributed by atoms with Crippen LogP contribution < -0.4 is 4.74 Å². The molecule has 30 heavy (non-hydrogen) atoms. The Kier molecular flexibility index (Phi) is 4.80. The van der Waals surface area contributed by atoms with Crippen molar-refractivity contribution in [3.63, 3.8) is 0 Å². The summed E-state index contributed by atoms with van der Waals surface area (Å²) in [5, 5.41) is 12.4. The summed E-state index contributed by atoms with van der Waals surface area (Å²) >= 11 is 3.16. The quantitative estimate of drug-likeness (QED) is 0.441. The molecule has 0 saturated carbocycles. The van der Waals surface area contributed by atoms with Crippen LogP contribution in [0.1, 0.15) is 17.4 Å². The van der Waals surface area contributed by atoms with Crippen LogP contribution in [0.5, 0.6) is 5.75 Å². The van der Waals surface area contributed by atoms with Gasteiger partial charge in [-0.25, -0.2) is 9.07 Å². The molecule has 2 aromatic carbocycles. The number of benzene rings is 2. The number of aromatic nitrogens is 5. The van der Waals surface area contributed by atoms with E-state index < -0.39 is 0 Å². The molecule has 0 N–H and O–H groups in total. The summed E-state index contributed by atoms with van der Waals surface area (Å²) in [6, 6.07) is 12.2. The van der Waals surface area contributed by atoms with E-state index in [0.29, 0.717) is 34.7 Å². The Balaban J connectivity index is 1.39. The van der Waals surface area contributed by atoms with Crippen molar-refractivity contribution in [3.05, 3.63) is 64.0 Å². The first-order chi connectivity index (χ1) is 14.6. The number of fused-ring (bicyclic) bond motifs is 1. The lowest BCUT2D eigenvalue weighted by atomic mass is 10.1. The third-order valence-electron chi connectivity index (χ3n) is 4.89. The highest BCUT2D eigenvalue weighted by molar-refractivity contribution is 9.10. The molecule has 0 bridgehead atoms. The molecule has 0 radical (unpaired) electrons. The molecule has 0 unspecified atom stereocenters. The van der Waals surface area contributed by atoms with E-state index in [-0.39, 0.29) is 17.8 Å². The van der Waals surface area contributed by atoms with Gasteiger partial charge in [-0.3, -0.25) is 0 Å². The number of methoxy groups -OCH3 is 1. The monoisotopic (exact) mass is 471 g/mol. The molecule has 0 amide bonds. The van der Waals surface area contributed by atoms with Gasteiger partial charge in [0.15, 0.2) is 5.69 Å². The fraction of sp³-hybridized carbons (Fsp3) is 0.200. The number of hydrogen-bond donors (Lipinski definition) is 0. The first-order valence-electron chi connectivity index (χ1n) is 9.10. The molecule has 0 saturated heterocycles. The fourth-order valence-corrected chi connectivity index (χ4v) is 3.65. The van der Waals surface area contributed by atoms with Gasteiger partial charge in [-0.2, -0.15) is 4.98 Å². The topological polar surface area (TPSA) is 88.1 Å². The summed E-state index contributed by atoms with van der Waals surface area (Å²) in [4.78, 5) is 4.39. The SMILES string of the molecule is COc1ccc([C@@H]2Cn3nnc(-c4nc(-c5ccc(F)c(Br)c5)no4)c3CO2)cc1. The van der Waals surface area contributed by atoms with Gasteiger partial charge in [0.2, 0.25) is 5.82 Å². The molecule has 0 spiro atoms. The molecular weight excluding hydrogens is 457 g/mol. The number of nitrogens with zero attached hydrogens (tertiary/aromatic N) is 5. The minimum absolute atomic E-state index is 0.146. The molecule has 2 aromatic heterocycles. The second-order valence-electron chi connectivity index (χ2n) is 6.69. The summed E-state index contributed by atoms with van der Waals surface area (Å²) in [6.45, 7) is 0.819. The molecule has 3 heterocycles. The highest BCUT2D eigenvalue weighted by atomic mass is 79.9. The lowest BCUT2D eigenvalue weighted by molar-refractivity contribution is -0.00119. The van der Waals surface area contributed by atoms with Crippen molar-refractivity contribution >= 4 is 15.9 Å². The van der Waals surface area contributed by atoms with Gasteiger partial charge in [-0.15, -0.1) is 5.10 Å². The van der Waals surface area contributed by atoms with E-state index in [1.807, 2.05) is 24.3 Å². The molecule has 8 nitrogen and oxygen atoms in total. The average Bonchev–Trinajstić information content (AvgIpc) is 3.42. The lowest BCUT2D eigenvalue weighted by Gasteiger charge is -2.24. The van der Waals surface area contributed by atoms with Crippen molar-refractivity contribution in [1.29, 1.82) is 0 Å². The van der Waals surface area contributed by atoms with Gasteiger partial charge in [0, 0.05) is 5.56 Å². The third-order valence-corrected chi connectivity index (χ3v) is 5.50. The maximum Gasteiger partial charge on any atom is 0.280 e. The minimum Gasteiger partial charge on any atom is -0.497 e. The van der Waals surface area contributed by atoms with Crippen molar-refractivity contribution in [2.75, 3.05) is 7.11 Å². The van der Waals surface area contributed by atoms with E-state index in [1.165, 1.54) is 6.07 Å². The van der Waals surface area contributed by atoms with Crippen molar-refractivity contribution in [2.24, 2.45) is 0 Å². The fourth-order valence-electron chi connectivity index (χ4n) is 3.27. The minimum atomic E-state index is -0.363. The summed E-state index contributed by atoms with van der Waals surface area (Å²) in [5.41, 5.74) is 2.88. The summed E-state index contributed by atoms with van der Waals surface area (Å²) in [5.74, 6) is 0.996. The van der Waals surface area contributed by atoms with Crippen molar-refractivity contribution in [2.45, 2.75) is 19.3 Å². The lowest BCUT2D eigenvalue weighted by Crippen LogP contribution is -2.22. The van der Waals surface area contributed by atoms with Crippen molar-refractivity contribution in [3.8, 4) is 28.7 Å². The molecular formula is C20H15BrFN5O3. The van der Waals surface area contributed by atoms with Crippen LogP contribution >= 0.6 is 15.9 Å². The summed E-state index contributed by atoms with van der Waals surface area (Å²) in [6.07, 6.45) is -0.146. The first kappa shape index (κ1) is 18.9. The molecule has 152 valence electrons. The zero-order valence-corrected chi connectivity index (χ0v) is 17.3. The van der Waals surface area contributed by atoms with Gasteiger partial charge in [-0.05, 0) is 51.8 Å². The predicted molar refractivity (Wildman–Crippen MR) is 107 cm³/mol. The molecule has 5 rings (SSSR count). The number of rotatable bonds is 4. The molecule has 1 atom stereocenters. The highest BCUT2D eigenvalue weighted by Gasteiger charge is 2.28. The zero-order chi connectivity index (χ0) is 20.7. The Morgan fingerprint density at radius 1 is 1.20 bits per heavy atom. The molecule has 0 aliphatic carbocycles. The van der Waals surface area contributed by atoms with Gasteiger partial charge in [0.25, 0.3) is 5.89 Å². The zero-order valence-electron chi connectivity index (χ0n) is 15.7. The Hall–Kier alpha value is -3.11. The van der Waals surface area contributed by atoms with Crippen LogP contribution in [0.3, 0.4) is 0 Å².